The Labute approximate surface area is 165 Å². The number of rotatable bonds is 5. The first-order chi connectivity index (χ1) is 13.6. The maximum Gasteiger partial charge on any atom is 0.255 e. The molecule has 0 unspecified atom stereocenters. The summed E-state index contributed by atoms with van der Waals surface area (Å²) < 4.78 is 14.8. The van der Waals surface area contributed by atoms with Gasteiger partial charge in [-0.05, 0) is 60.4 Å². The number of carbonyl (C=O) groups excluding carboxylic acids is 1. The van der Waals surface area contributed by atoms with E-state index in [2.05, 4.69) is 15.6 Å². The maximum atomic E-state index is 13.1. The van der Waals surface area contributed by atoms with Crippen LogP contribution in [0.15, 0.2) is 71.6 Å². The van der Waals surface area contributed by atoms with Gasteiger partial charge in [-0.2, -0.15) is 0 Å². The van der Waals surface area contributed by atoms with Crippen LogP contribution in [0.5, 0.6) is 0 Å². The van der Waals surface area contributed by atoms with E-state index >= 15 is 0 Å². The summed E-state index contributed by atoms with van der Waals surface area (Å²) in [4.78, 5) is 13.7. The lowest BCUT2D eigenvalue weighted by molar-refractivity contribution is 0.102. The predicted octanol–water partition coefficient (Wildman–Crippen LogP) is 4.59. The quantitative estimate of drug-likeness (QED) is 0.505. The molecule has 0 spiro atoms. The van der Waals surface area contributed by atoms with Gasteiger partial charge in [0.2, 0.25) is 0 Å². The third-order valence-corrected chi connectivity index (χ3v) is 5.07. The molecule has 0 aliphatic heterocycles. The average molecular weight is 392 g/mol. The Morgan fingerprint density at radius 1 is 1.11 bits per heavy atom. The van der Waals surface area contributed by atoms with Crippen LogP contribution in [0.4, 0.5) is 10.1 Å². The monoisotopic (exact) mass is 392 g/mol. The van der Waals surface area contributed by atoms with Crippen molar-refractivity contribution in [3.63, 3.8) is 0 Å². The predicted molar refractivity (Wildman–Crippen MR) is 109 cm³/mol. The number of benzene rings is 3. The summed E-state index contributed by atoms with van der Waals surface area (Å²) >= 11 is 1.62. The van der Waals surface area contributed by atoms with Crippen molar-refractivity contribution in [3.05, 3.63) is 83.7 Å². The number of carbonyl (C=O) groups is 1. The Bertz CT molecular complexity index is 1140. The number of hydrogen-bond acceptors (Lipinski definition) is 4. The number of amides is 1. The third kappa shape index (κ3) is 3.89. The second kappa shape index (κ2) is 7.82. The van der Waals surface area contributed by atoms with Gasteiger partial charge >= 0.3 is 0 Å². The van der Waals surface area contributed by atoms with Crippen LogP contribution in [-0.4, -0.2) is 27.2 Å². The van der Waals surface area contributed by atoms with Crippen molar-refractivity contribution in [1.82, 2.24) is 15.0 Å². The van der Waals surface area contributed by atoms with Crippen molar-refractivity contribution < 1.29 is 9.18 Å². The van der Waals surface area contributed by atoms with Crippen molar-refractivity contribution in [2.45, 2.75) is 11.4 Å². The van der Waals surface area contributed by atoms with Crippen molar-refractivity contribution in [2.75, 3.05) is 11.6 Å². The largest absolute Gasteiger partial charge is 0.322 e. The second-order valence-electron chi connectivity index (χ2n) is 6.26. The summed E-state index contributed by atoms with van der Waals surface area (Å²) in [5.74, 6) is -0.473. The molecule has 1 amide bonds. The minimum absolute atomic E-state index is 0.201. The van der Waals surface area contributed by atoms with Crippen LogP contribution in [0.25, 0.3) is 11.0 Å². The highest BCUT2D eigenvalue weighted by atomic mass is 32.2. The summed E-state index contributed by atoms with van der Waals surface area (Å²) in [7, 11) is 0. The Kier molecular flexibility index (Phi) is 5.08. The number of halogens is 1. The molecule has 5 nitrogen and oxygen atoms in total. The molecule has 4 rings (SSSR count). The van der Waals surface area contributed by atoms with E-state index in [1.165, 1.54) is 12.1 Å². The number of fused-ring (bicyclic) bond motifs is 1. The van der Waals surface area contributed by atoms with E-state index in [0.29, 0.717) is 17.6 Å². The summed E-state index contributed by atoms with van der Waals surface area (Å²) in [6, 6.07) is 19.3. The van der Waals surface area contributed by atoms with Gasteiger partial charge in [-0.25, -0.2) is 9.07 Å². The number of anilines is 1. The normalized spacial score (nSPS) is 10.9. The van der Waals surface area contributed by atoms with E-state index in [-0.39, 0.29) is 11.7 Å². The number of nitrogens with one attached hydrogen (secondary N) is 1. The number of nitrogens with zero attached hydrogens (tertiary/aromatic N) is 3. The van der Waals surface area contributed by atoms with Gasteiger partial charge in [0.1, 0.15) is 11.3 Å². The van der Waals surface area contributed by atoms with E-state index < -0.39 is 0 Å². The standard InChI is InChI=1S/C21H17FN4OS/c1-28-18-4-2-3-17(12-18)23-21(27)15-7-10-20-19(11-15)24-25-26(20)13-14-5-8-16(22)9-6-14/h2-12H,13H2,1H3,(H,23,27). The van der Waals surface area contributed by atoms with E-state index in [1.54, 1.807) is 40.7 Å². The Morgan fingerprint density at radius 2 is 1.93 bits per heavy atom. The summed E-state index contributed by atoms with van der Waals surface area (Å²) in [5.41, 5.74) is 3.62. The fraction of sp³-hybridized carbons (Fsp3) is 0.0952. The van der Waals surface area contributed by atoms with Crippen LogP contribution in [0.1, 0.15) is 15.9 Å². The molecule has 0 radical (unpaired) electrons. The van der Waals surface area contributed by atoms with Crippen molar-refractivity contribution in [3.8, 4) is 0 Å². The Balaban J connectivity index is 1.54. The fourth-order valence-corrected chi connectivity index (χ4v) is 3.36. The lowest BCUT2D eigenvalue weighted by Crippen LogP contribution is -2.11. The molecule has 0 fully saturated rings. The third-order valence-electron chi connectivity index (χ3n) is 4.35. The van der Waals surface area contributed by atoms with Gasteiger partial charge in [0.15, 0.2) is 0 Å². The lowest BCUT2D eigenvalue weighted by Gasteiger charge is -2.07. The van der Waals surface area contributed by atoms with Crippen molar-refractivity contribution in [1.29, 1.82) is 0 Å². The molecule has 1 N–H and O–H groups in total. The van der Waals surface area contributed by atoms with Gasteiger partial charge in [0.05, 0.1) is 12.1 Å². The highest BCUT2D eigenvalue weighted by Gasteiger charge is 2.11. The first kappa shape index (κ1) is 18.2. The van der Waals surface area contributed by atoms with Crippen LogP contribution in [0.2, 0.25) is 0 Å². The summed E-state index contributed by atoms with van der Waals surface area (Å²) in [6.45, 7) is 0.476. The van der Waals surface area contributed by atoms with E-state index in [9.17, 15) is 9.18 Å². The smallest absolute Gasteiger partial charge is 0.255 e. The number of thioether (sulfide) groups is 1. The summed E-state index contributed by atoms with van der Waals surface area (Å²) in [6.07, 6.45) is 1.99. The first-order valence-corrected chi connectivity index (χ1v) is 9.88. The molecular weight excluding hydrogens is 375 g/mol. The first-order valence-electron chi connectivity index (χ1n) is 8.65. The zero-order valence-corrected chi connectivity index (χ0v) is 15.9. The van der Waals surface area contributed by atoms with Crippen LogP contribution in [0.3, 0.4) is 0 Å². The van der Waals surface area contributed by atoms with Crippen LogP contribution in [0, 0.1) is 5.82 Å². The Hall–Kier alpha value is -3.19. The molecule has 0 saturated heterocycles. The van der Waals surface area contributed by atoms with Crippen LogP contribution < -0.4 is 5.32 Å². The molecule has 3 aromatic carbocycles. The molecule has 0 saturated carbocycles. The summed E-state index contributed by atoms with van der Waals surface area (Å²) in [5, 5.41) is 11.2. The SMILES string of the molecule is CSc1cccc(NC(=O)c2ccc3c(c2)nnn3Cc2ccc(F)cc2)c1. The number of hydrogen-bond donors (Lipinski definition) is 1. The lowest BCUT2D eigenvalue weighted by atomic mass is 10.1. The van der Waals surface area contributed by atoms with Gasteiger partial charge in [-0.15, -0.1) is 16.9 Å². The van der Waals surface area contributed by atoms with Crippen LogP contribution in [-0.2, 0) is 6.54 Å². The van der Waals surface area contributed by atoms with Crippen molar-refractivity contribution in [2.24, 2.45) is 0 Å². The molecule has 1 heterocycles. The molecule has 140 valence electrons. The average Bonchev–Trinajstić information content (AvgIpc) is 3.12. The minimum Gasteiger partial charge on any atom is -0.322 e. The molecule has 4 aromatic rings. The van der Waals surface area contributed by atoms with Gasteiger partial charge < -0.3 is 5.32 Å². The molecule has 28 heavy (non-hydrogen) atoms. The van der Waals surface area contributed by atoms with E-state index in [1.807, 2.05) is 36.6 Å². The highest BCUT2D eigenvalue weighted by Crippen LogP contribution is 2.20. The van der Waals surface area contributed by atoms with E-state index in [0.717, 1.165) is 21.7 Å². The molecule has 1 aromatic heterocycles. The zero-order valence-electron chi connectivity index (χ0n) is 15.1. The van der Waals surface area contributed by atoms with Crippen LogP contribution >= 0.6 is 11.8 Å². The maximum absolute atomic E-state index is 13.1. The molecule has 0 aliphatic carbocycles. The van der Waals surface area contributed by atoms with Gasteiger partial charge in [0.25, 0.3) is 5.91 Å². The number of aromatic nitrogens is 3. The highest BCUT2D eigenvalue weighted by molar-refractivity contribution is 7.98. The molecule has 0 atom stereocenters. The topological polar surface area (TPSA) is 59.8 Å². The zero-order chi connectivity index (χ0) is 19.5. The fourth-order valence-electron chi connectivity index (χ4n) is 2.90. The molecule has 0 aliphatic rings. The second-order valence-corrected chi connectivity index (χ2v) is 7.14. The molecular formula is C21H17FN4OS. The molecule has 0 bridgehead atoms. The van der Waals surface area contributed by atoms with Gasteiger partial charge in [-0.1, -0.05) is 23.4 Å². The van der Waals surface area contributed by atoms with Gasteiger partial charge in [0, 0.05) is 16.1 Å². The molecule has 7 heteroatoms. The minimum atomic E-state index is -0.272. The Morgan fingerprint density at radius 3 is 2.71 bits per heavy atom. The van der Waals surface area contributed by atoms with Gasteiger partial charge in [-0.3, -0.25) is 4.79 Å². The van der Waals surface area contributed by atoms with E-state index in [4.69, 9.17) is 0 Å². The van der Waals surface area contributed by atoms with Crippen molar-refractivity contribution >= 4 is 34.4 Å².